The molecule has 0 radical (unpaired) electrons. The molecular weight excluding hydrogens is 508 g/mol. The van der Waals surface area contributed by atoms with Gasteiger partial charge in [0.1, 0.15) is 18.1 Å². The molecule has 0 aromatic heterocycles. The normalized spacial score (nSPS) is 16.7. The van der Waals surface area contributed by atoms with Crippen LogP contribution in [-0.2, 0) is 19.1 Å². The maximum absolute atomic E-state index is 13.5. The number of aliphatic imine (C=N–C) groups is 1. The van der Waals surface area contributed by atoms with Crippen LogP contribution in [0.25, 0.3) is 0 Å². The second-order valence-electron chi connectivity index (χ2n) is 9.00. The summed E-state index contributed by atoms with van der Waals surface area (Å²) in [4.78, 5) is 56.1. The van der Waals surface area contributed by atoms with E-state index in [1.165, 1.54) is 19.3 Å². The zero-order valence-electron chi connectivity index (χ0n) is 22.7. The maximum Gasteiger partial charge on any atom is 0.423 e. The second-order valence-corrected chi connectivity index (χ2v) is 9.00. The fourth-order valence-electron chi connectivity index (χ4n) is 4.07. The van der Waals surface area contributed by atoms with E-state index in [0.29, 0.717) is 41.2 Å². The number of amides is 3. The molecule has 2 atom stereocenters. The number of carbonyl (C=O) groups excluding carboxylic acids is 4. The van der Waals surface area contributed by atoms with Gasteiger partial charge in [-0.25, -0.2) is 19.5 Å². The first-order valence-electron chi connectivity index (χ1n) is 12.7. The number of aryl methyl sites for hydroxylation is 1. The zero-order chi connectivity index (χ0) is 28.7. The number of hydrogen-bond donors (Lipinski definition) is 3. The first-order valence-corrected chi connectivity index (χ1v) is 12.7. The number of aliphatic hydroxyl groups excluding tert-OH is 1. The van der Waals surface area contributed by atoms with Gasteiger partial charge in [0.2, 0.25) is 12.7 Å². The van der Waals surface area contributed by atoms with Crippen molar-refractivity contribution in [3.8, 4) is 0 Å². The van der Waals surface area contributed by atoms with Gasteiger partial charge < -0.3 is 25.2 Å². The van der Waals surface area contributed by atoms with Crippen LogP contribution in [0.15, 0.2) is 39.6 Å². The van der Waals surface area contributed by atoms with Gasteiger partial charge in [0.15, 0.2) is 5.84 Å². The standard InChI is InChI=1S/C26H34N6O7/c1-6-10-28-23(34)18-9-8-15(3)20(11-18)32(26(37)39-14-38-25(36)17(5)33)22-21-16(4)19(24(35)27-7-2)12-31(21)30-13-29-22/h8-9,11,13,17,19,33H,6-7,10,12,14H2,1-5H3,(H,27,35)(H,28,34). The van der Waals surface area contributed by atoms with E-state index in [4.69, 9.17) is 9.47 Å². The van der Waals surface area contributed by atoms with Crippen molar-refractivity contribution < 1.29 is 33.8 Å². The van der Waals surface area contributed by atoms with Crippen LogP contribution in [-0.4, -0.2) is 78.7 Å². The van der Waals surface area contributed by atoms with Crippen molar-refractivity contribution in [2.45, 2.75) is 47.1 Å². The summed E-state index contributed by atoms with van der Waals surface area (Å²) >= 11 is 0. The van der Waals surface area contributed by atoms with Crippen molar-refractivity contribution in [2.24, 2.45) is 16.0 Å². The van der Waals surface area contributed by atoms with Gasteiger partial charge in [-0.2, -0.15) is 5.10 Å². The van der Waals surface area contributed by atoms with Gasteiger partial charge in [-0.15, -0.1) is 0 Å². The van der Waals surface area contributed by atoms with E-state index < -0.39 is 30.9 Å². The van der Waals surface area contributed by atoms with Crippen molar-refractivity contribution in [3.63, 3.8) is 0 Å². The summed E-state index contributed by atoms with van der Waals surface area (Å²) in [5.74, 6) is -1.88. The first-order chi connectivity index (χ1) is 18.6. The monoisotopic (exact) mass is 542 g/mol. The maximum atomic E-state index is 13.5. The molecule has 13 heteroatoms. The number of nitrogens with zero attached hydrogens (tertiary/aromatic N) is 4. The van der Waals surface area contributed by atoms with Crippen LogP contribution in [0.1, 0.15) is 50.0 Å². The molecule has 1 aromatic carbocycles. The molecule has 0 saturated carbocycles. The number of amidine groups is 1. The first kappa shape index (κ1) is 29.3. The lowest BCUT2D eigenvalue weighted by Gasteiger charge is -2.30. The molecule has 0 spiro atoms. The molecule has 0 aliphatic carbocycles. The number of nitrogens with one attached hydrogen (secondary N) is 2. The predicted octanol–water partition coefficient (Wildman–Crippen LogP) is 1.66. The number of benzene rings is 1. The molecule has 2 aliphatic heterocycles. The van der Waals surface area contributed by atoms with Crippen LogP contribution in [0.5, 0.6) is 0 Å². The van der Waals surface area contributed by atoms with Crippen LogP contribution < -0.4 is 15.5 Å². The number of fused-ring (bicyclic) bond motifs is 1. The van der Waals surface area contributed by atoms with E-state index >= 15 is 0 Å². The summed E-state index contributed by atoms with van der Waals surface area (Å²) in [5.41, 5.74) is 2.30. The summed E-state index contributed by atoms with van der Waals surface area (Å²) in [5, 5.41) is 20.8. The Morgan fingerprint density at radius 2 is 1.92 bits per heavy atom. The molecule has 1 aromatic rings. The number of carbonyl (C=O) groups is 4. The molecule has 0 fully saturated rings. The predicted molar refractivity (Wildman–Crippen MR) is 143 cm³/mol. The number of anilines is 1. The average Bonchev–Trinajstić information content (AvgIpc) is 3.25. The smallest absolute Gasteiger partial charge is 0.423 e. The second kappa shape index (κ2) is 13.0. The van der Waals surface area contributed by atoms with Crippen LogP contribution in [0.3, 0.4) is 0 Å². The summed E-state index contributed by atoms with van der Waals surface area (Å²) in [6.45, 7) is 8.91. The molecule has 210 valence electrons. The van der Waals surface area contributed by atoms with Crippen LogP contribution in [0.4, 0.5) is 10.5 Å². The van der Waals surface area contributed by atoms with Crippen molar-refractivity contribution in [1.29, 1.82) is 0 Å². The van der Waals surface area contributed by atoms with Crippen LogP contribution in [0, 0.1) is 12.8 Å². The zero-order valence-corrected chi connectivity index (χ0v) is 22.7. The van der Waals surface area contributed by atoms with Crippen molar-refractivity contribution >= 4 is 41.7 Å². The van der Waals surface area contributed by atoms with E-state index in [0.717, 1.165) is 11.3 Å². The van der Waals surface area contributed by atoms with Crippen LogP contribution in [0.2, 0.25) is 0 Å². The highest BCUT2D eigenvalue weighted by molar-refractivity contribution is 6.24. The molecule has 3 amide bonds. The van der Waals surface area contributed by atoms with E-state index in [1.54, 1.807) is 31.0 Å². The Hall–Kier alpha value is -4.26. The Morgan fingerprint density at radius 1 is 1.18 bits per heavy atom. The summed E-state index contributed by atoms with van der Waals surface area (Å²) < 4.78 is 10.0. The van der Waals surface area contributed by atoms with Gasteiger partial charge in [-0.05, 0) is 57.4 Å². The largest absolute Gasteiger partial charge is 0.426 e. The minimum Gasteiger partial charge on any atom is -0.426 e. The fraction of sp³-hybridized carbons (Fsp3) is 0.462. The topological polar surface area (TPSA) is 162 Å². The Bertz CT molecular complexity index is 1220. The van der Waals surface area contributed by atoms with Crippen LogP contribution >= 0.6 is 0 Å². The number of hydrogen-bond acceptors (Lipinski definition) is 10. The van der Waals surface area contributed by atoms with Gasteiger partial charge in [0.25, 0.3) is 5.91 Å². The third-order valence-electron chi connectivity index (χ3n) is 6.13. The van der Waals surface area contributed by atoms with Gasteiger partial charge in [-0.3, -0.25) is 14.6 Å². The lowest BCUT2D eigenvalue weighted by Crippen LogP contribution is -2.43. The Morgan fingerprint density at radius 3 is 2.59 bits per heavy atom. The Kier molecular flexibility index (Phi) is 9.77. The third-order valence-corrected chi connectivity index (χ3v) is 6.13. The number of esters is 1. The van der Waals surface area contributed by atoms with Gasteiger partial charge in [0.05, 0.1) is 18.2 Å². The third kappa shape index (κ3) is 6.60. The van der Waals surface area contributed by atoms with Gasteiger partial charge >= 0.3 is 12.1 Å². The quantitative estimate of drug-likeness (QED) is 0.313. The fourth-order valence-corrected chi connectivity index (χ4v) is 4.07. The molecule has 2 unspecified atom stereocenters. The molecule has 39 heavy (non-hydrogen) atoms. The molecule has 2 aliphatic rings. The summed E-state index contributed by atoms with van der Waals surface area (Å²) in [7, 11) is 0. The number of hydrazone groups is 1. The molecular formula is C26H34N6O7. The molecule has 0 bridgehead atoms. The SMILES string of the molecule is CCCNC(=O)c1ccc(C)c(N(C(=O)OCOC(=O)C(C)O)C2=NC=NN3CC(C(=O)NCC)C(C)=C23)c1. The highest BCUT2D eigenvalue weighted by Crippen LogP contribution is 2.34. The minimum atomic E-state index is -1.40. The molecule has 13 nitrogen and oxygen atoms in total. The molecule has 3 N–H and O–H groups in total. The Labute approximate surface area is 226 Å². The van der Waals surface area contributed by atoms with E-state index in [1.807, 2.05) is 13.8 Å². The molecule has 3 rings (SSSR count). The lowest BCUT2D eigenvalue weighted by molar-refractivity contribution is -0.160. The van der Waals surface area contributed by atoms with Crippen molar-refractivity contribution in [3.05, 3.63) is 40.6 Å². The number of rotatable bonds is 9. The van der Waals surface area contributed by atoms with Crippen molar-refractivity contribution in [1.82, 2.24) is 15.6 Å². The highest BCUT2D eigenvalue weighted by atomic mass is 16.7. The lowest BCUT2D eigenvalue weighted by atomic mass is 10.0. The number of ether oxygens (including phenoxy) is 2. The minimum absolute atomic E-state index is 0.121. The van der Waals surface area contributed by atoms with Gasteiger partial charge in [0, 0.05) is 18.7 Å². The number of aliphatic hydroxyl groups is 1. The summed E-state index contributed by atoms with van der Waals surface area (Å²) in [6.07, 6.45) is -0.350. The highest BCUT2D eigenvalue weighted by Gasteiger charge is 2.41. The molecule has 2 heterocycles. The van der Waals surface area contributed by atoms with Crippen molar-refractivity contribution in [2.75, 3.05) is 31.3 Å². The Balaban J connectivity index is 2.06. The van der Waals surface area contributed by atoms with E-state index in [9.17, 15) is 24.3 Å². The summed E-state index contributed by atoms with van der Waals surface area (Å²) in [6, 6.07) is 4.86. The van der Waals surface area contributed by atoms with Gasteiger partial charge in [-0.1, -0.05) is 13.0 Å². The molecule has 0 saturated heterocycles. The average molecular weight is 543 g/mol. The van der Waals surface area contributed by atoms with E-state index in [2.05, 4.69) is 20.7 Å². The van der Waals surface area contributed by atoms with E-state index in [-0.39, 0.29) is 24.2 Å².